The molecule has 112 valence electrons. The number of carbonyl (C=O) groups is 2. The summed E-state index contributed by atoms with van der Waals surface area (Å²) in [6, 6.07) is 0. The van der Waals surface area contributed by atoms with Crippen LogP contribution < -0.4 is 0 Å². The van der Waals surface area contributed by atoms with E-state index in [1.54, 1.807) is 0 Å². The maximum absolute atomic E-state index is 9.55. The minimum absolute atomic E-state index is 0.558. The molecule has 0 aromatic carbocycles. The second-order valence-electron chi connectivity index (χ2n) is 4.48. The minimum atomic E-state index is -1.26. The van der Waals surface area contributed by atoms with Gasteiger partial charge in [0.1, 0.15) is 0 Å². The van der Waals surface area contributed by atoms with Gasteiger partial charge in [-0.1, -0.05) is 71.6 Å². The summed E-state index contributed by atoms with van der Waals surface area (Å²) >= 11 is 0. The van der Waals surface area contributed by atoms with Gasteiger partial charge in [-0.2, -0.15) is 0 Å². The van der Waals surface area contributed by atoms with Crippen molar-refractivity contribution in [1.29, 1.82) is 0 Å². The van der Waals surface area contributed by atoms with Gasteiger partial charge in [0.05, 0.1) is 0 Å². The van der Waals surface area contributed by atoms with E-state index in [2.05, 4.69) is 13.8 Å². The van der Waals surface area contributed by atoms with Gasteiger partial charge < -0.3 is 10.2 Å². The molecule has 0 aliphatic heterocycles. The van der Waals surface area contributed by atoms with Gasteiger partial charge in [-0.05, 0) is 0 Å². The fourth-order valence-electron chi connectivity index (χ4n) is 1.53. The third-order valence-electron chi connectivity index (χ3n) is 2.58. The Bertz CT molecular complexity index is 223. The summed E-state index contributed by atoms with van der Waals surface area (Å²) in [5.41, 5.74) is 0. The second-order valence-corrected chi connectivity index (χ2v) is 4.48. The molecule has 0 spiro atoms. The van der Waals surface area contributed by atoms with Crippen molar-refractivity contribution in [1.82, 2.24) is 0 Å². The quantitative estimate of drug-likeness (QED) is 0.460. The Morgan fingerprint density at radius 1 is 0.684 bits per heavy atom. The Hall–Kier alpha value is -1.32. The summed E-state index contributed by atoms with van der Waals surface area (Å²) < 4.78 is 0. The van der Waals surface area contributed by atoms with Gasteiger partial charge in [0.25, 0.3) is 0 Å². The molecule has 0 bridgehead atoms. The molecule has 0 radical (unpaired) electrons. The molecule has 4 heteroatoms. The molecule has 0 aromatic heterocycles. The van der Waals surface area contributed by atoms with E-state index in [0.29, 0.717) is 12.2 Å². The molecule has 0 rings (SSSR count). The van der Waals surface area contributed by atoms with Gasteiger partial charge in [0.15, 0.2) is 0 Å². The molecular weight excluding hydrogens is 244 g/mol. The molecule has 0 fully saturated rings. The molecule has 0 aromatic rings. The maximum atomic E-state index is 9.55. The highest BCUT2D eigenvalue weighted by molar-refractivity contribution is 5.89. The van der Waals surface area contributed by atoms with Crippen LogP contribution in [0.4, 0.5) is 0 Å². The lowest BCUT2D eigenvalue weighted by atomic mass is 10.1. The number of hydrogen-bond acceptors (Lipinski definition) is 2. The van der Waals surface area contributed by atoms with Gasteiger partial charge in [-0.3, -0.25) is 0 Å². The van der Waals surface area contributed by atoms with Crippen molar-refractivity contribution in [3.05, 3.63) is 12.2 Å². The van der Waals surface area contributed by atoms with Crippen LogP contribution in [0.25, 0.3) is 0 Å². The minimum Gasteiger partial charge on any atom is -0.478 e. The monoisotopic (exact) mass is 272 g/mol. The van der Waals surface area contributed by atoms with Crippen LogP contribution in [0.5, 0.6) is 0 Å². The number of carboxylic acid groups (broad SMARTS) is 2. The van der Waals surface area contributed by atoms with Crippen LogP contribution in [0.3, 0.4) is 0 Å². The van der Waals surface area contributed by atoms with E-state index in [0.717, 1.165) is 0 Å². The summed E-state index contributed by atoms with van der Waals surface area (Å²) in [4.78, 5) is 19.1. The topological polar surface area (TPSA) is 74.6 Å². The average Bonchev–Trinajstić information content (AvgIpc) is 2.36. The fourth-order valence-corrected chi connectivity index (χ4v) is 1.53. The average molecular weight is 272 g/mol. The molecule has 0 saturated heterocycles. The van der Waals surface area contributed by atoms with Crippen LogP contribution in [0.1, 0.15) is 71.6 Å². The van der Waals surface area contributed by atoms with Gasteiger partial charge in [0, 0.05) is 12.2 Å². The standard InChI is InChI=1S/C11H24.C4H4O4/c1-3-5-7-9-11-10-8-6-4-2;5-3(6)1-2-4(7)8/h3-11H2,1-2H3;1-2H,(H,5,6)(H,7,8). The Labute approximate surface area is 116 Å². The van der Waals surface area contributed by atoms with Crippen LogP contribution in [-0.4, -0.2) is 22.2 Å². The fraction of sp³-hybridized carbons (Fsp3) is 0.733. The van der Waals surface area contributed by atoms with Crippen molar-refractivity contribution in [3.63, 3.8) is 0 Å². The predicted molar refractivity (Wildman–Crippen MR) is 77.3 cm³/mol. The van der Waals surface area contributed by atoms with E-state index in [1.807, 2.05) is 0 Å². The SMILES string of the molecule is CCCCCCCCCCC.O=C(O)C=CC(=O)O. The normalized spacial score (nSPS) is 10.0. The molecule has 0 atom stereocenters. The first kappa shape index (κ1) is 20.0. The first-order valence-corrected chi connectivity index (χ1v) is 7.18. The molecule has 19 heavy (non-hydrogen) atoms. The number of rotatable bonds is 10. The Morgan fingerprint density at radius 2 is 0.947 bits per heavy atom. The summed E-state index contributed by atoms with van der Waals surface area (Å²) in [6.07, 6.45) is 14.1. The number of carboxylic acids is 2. The molecule has 2 N–H and O–H groups in total. The first-order chi connectivity index (χ1) is 9.04. The lowest BCUT2D eigenvalue weighted by Gasteiger charge is -1.98. The van der Waals surface area contributed by atoms with E-state index < -0.39 is 11.9 Å². The zero-order chi connectivity index (χ0) is 14.9. The zero-order valence-electron chi connectivity index (χ0n) is 12.2. The maximum Gasteiger partial charge on any atom is 0.328 e. The molecular formula is C15H28O4. The Kier molecular flexibility index (Phi) is 17.6. The van der Waals surface area contributed by atoms with Crippen molar-refractivity contribution < 1.29 is 19.8 Å². The number of unbranched alkanes of at least 4 members (excludes halogenated alkanes) is 8. The van der Waals surface area contributed by atoms with Gasteiger partial charge in [-0.15, -0.1) is 0 Å². The molecule has 0 aliphatic rings. The van der Waals surface area contributed by atoms with E-state index in [4.69, 9.17) is 10.2 Å². The number of hydrogen-bond donors (Lipinski definition) is 2. The van der Waals surface area contributed by atoms with Gasteiger partial charge >= 0.3 is 11.9 Å². The van der Waals surface area contributed by atoms with Crippen LogP contribution in [0.15, 0.2) is 12.2 Å². The largest absolute Gasteiger partial charge is 0.478 e. The summed E-state index contributed by atoms with van der Waals surface area (Å²) in [5, 5.41) is 15.6. The van der Waals surface area contributed by atoms with E-state index in [9.17, 15) is 9.59 Å². The van der Waals surface area contributed by atoms with Crippen LogP contribution in [0.2, 0.25) is 0 Å². The second kappa shape index (κ2) is 16.7. The van der Waals surface area contributed by atoms with Crippen molar-refractivity contribution in [3.8, 4) is 0 Å². The molecule has 0 aliphatic carbocycles. The van der Waals surface area contributed by atoms with E-state index in [-0.39, 0.29) is 0 Å². The van der Waals surface area contributed by atoms with Gasteiger partial charge in [0.2, 0.25) is 0 Å². The lowest BCUT2D eigenvalue weighted by Crippen LogP contribution is -1.91. The Morgan fingerprint density at radius 3 is 1.16 bits per heavy atom. The van der Waals surface area contributed by atoms with E-state index in [1.165, 1.54) is 57.8 Å². The van der Waals surface area contributed by atoms with Gasteiger partial charge in [-0.25, -0.2) is 9.59 Å². The first-order valence-electron chi connectivity index (χ1n) is 7.18. The molecule has 0 saturated carbocycles. The highest BCUT2D eigenvalue weighted by atomic mass is 16.4. The van der Waals surface area contributed by atoms with Crippen LogP contribution in [0, 0.1) is 0 Å². The summed E-state index contributed by atoms with van der Waals surface area (Å²) in [7, 11) is 0. The molecule has 0 heterocycles. The third kappa shape index (κ3) is 26.3. The molecule has 0 amide bonds. The summed E-state index contributed by atoms with van der Waals surface area (Å²) in [5.74, 6) is -2.51. The highest BCUT2D eigenvalue weighted by Crippen LogP contribution is 2.08. The van der Waals surface area contributed by atoms with Crippen molar-refractivity contribution in [2.75, 3.05) is 0 Å². The number of aliphatic carboxylic acids is 2. The Balaban J connectivity index is 0. The smallest absolute Gasteiger partial charge is 0.328 e. The van der Waals surface area contributed by atoms with Crippen molar-refractivity contribution in [2.45, 2.75) is 71.6 Å². The van der Waals surface area contributed by atoms with E-state index >= 15 is 0 Å². The lowest BCUT2D eigenvalue weighted by molar-refractivity contribution is -0.134. The third-order valence-corrected chi connectivity index (χ3v) is 2.58. The zero-order valence-corrected chi connectivity index (χ0v) is 12.2. The highest BCUT2D eigenvalue weighted by Gasteiger charge is 1.89. The van der Waals surface area contributed by atoms with Crippen LogP contribution >= 0.6 is 0 Å². The van der Waals surface area contributed by atoms with Crippen molar-refractivity contribution in [2.24, 2.45) is 0 Å². The van der Waals surface area contributed by atoms with Crippen LogP contribution in [-0.2, 0) is 9.59 Å². The summed E-state index contributed by atoms with van der Waals surface area (Å²) in [6.45, 7) is 4.55. The van der Waals surface area contributed by atoms with Crippen molar-refractivity contribution >= 4 is 11.9 Å². The molecule has 4 nitrogen and oxygen atoms in total. The molecule has 0 unspecified atom stereocenters. The predicted octanol–water partition coefficient (Wildman–Crippen LogP) is 4.25.